The summed E-state index contributed by atoms with van der Waals surface area (Å²) in [5, 5.41) is 6.14. The third kappa shape index (κ3) is 4.73. The van der Waals surface area contributed by atoms with Crippen LogP contribution >= 0.6 is 0 Å². The van der Waals surface area contributed by atoms with Crippen LogP contribution in [0.25, 0.3) is 5.65 Å². The fraction of sp³-hybridized carbons (Fsp3) is 0.429. The van der Waals surface area contributed by atoms with E-state index in [1.165, 1.54) is 16.7 Å². The first-order chi connectivity index (χ1) is 14.3. The second-order valence-corrected chi connectivity index (χ2v) is 7.51. The second kappa shape index (κ2) is 9.17. The molecule has 1 aliphatic rings. The number of imidazole rings is 1. The molecule has 1 fully saturated rings. The lowest BCUT2D eigenvalue weighted by Crippen LogP contribution is -2.56. The number of pyridine rings is 1. The molecule has 0 spiro atoms. The fourth-order valence-electron chi connectivity index (χ4n) is 3.50. The van der Waals surface area contributed by atoms with Crippen molar-refractivity contribution in [2.75, 3.05) is 18.4 Å². The zero-order chi connectivity index (χ0) is 21.8. The largest absolute Gasteiger partial charge is 0.355 e. The summed E-state index contributed by atoms with van der Waals surface area (Å²) in [6.45, 7) is 13.2. The van der Waals surface area contributed by atoms with Crippen molar-refractivity contribution in [3.8, 4) is 0 Å². The van der Waals surface area contributed by atoms with Gasteiger partial charge < -0.3 is 19.9 Å². The van der Waals surface area contributed by atoms with Gasteiger partial charge in [0.05, 0.1) is 17.6 Å². The van der Waals surface area contributed by atoms with Gasteiger partial charge in [-0.25, -0.2) is 14.4 Å². The Kier molecular flexibility index (Phi) is 6.61. The number of amides is 1. The number of nitrogens with one attached hydrogen (secondary N) is 2. The first kappa shape index (κ1) is 21.6. The highest BCUT2D eigenvalue weighted by Crippen LogP contribution is 2.17. The molecule has 0 radical (unpaired) electrons. The normalized spacial score (nSPS) is 20.5. The zero-order valence-electron chi connectivity index (χ0n) is 17.8. The van der Waals surface area contributed by atoms with E-state index in [-0.39, 0.29) is 11.3 Å². The summed E-state index contributed by atoms with van der Waals surface area (Å²) < 4.78 is 15.8. The van der Waals surface area contributed by atoms with Gasteiger partial charge in [-0.15, -0.1) is 0 Å². The molecule has 3 rings (SSSR count). The van der Waals surface area contributed by atoms with Crippen molar-refractivity contribution in [1.82, 2.24) is 19.6 Å². The molecule has 1 aliphatic heterocycles. The van der Waals surface area contributed by atoms with Crippen LogP contribution in [-0.2, 0) is 4.79 Å². The molecule has 0 aliphatic carbocycles. The van der Waals surface area contributed by atoms with Crippen LogP contribution in [0.4, 0.5) is 10.1 Å². The van der Waals surface area contributed by atoms with Gasteiger partial charge >= 0.3 is 0 Å². The molecule has 3 heterocycles. The van der Waals surface area contributed by atoms with Gasteiger partial charge in [0, 0.05) is 43.6 Å². The Bertz CT molecular complexity index is 1010. The highest BCUT2D eigenvalue weighted by atomic mass is 19.1. The van der Waals surface area contributed by atoms with E-state index in [2.05, 4.69) is 51.1 Å². The number of nitrogens with zero attached hydrogens (tertiary/aromatic N) is 5. The van der Waals surface area contributed by atoms with Crippen LogP contribution in [0.5, 0.6) is 0 Å². The predicted octanol–water partition coefficient (Wildman–Crippen LogP) is 2.75. The summed E-state index contributed by atoms with van der Waals surface area (Å²) in [5.74, 6) is -0.236. The molecule has 0 saturated carbocycles. The molecule has 2 aromatic heterocycles. The topological polar surface area (TPSA) is 86.4 Å². The van der Waals surface area contributed by atoms with Gasteiger partial charge in [0.1, 0.15) is 11.5 Å². The van der Waals surface area contributed by atoms with Crippen molar-refractivity contribution in [3.05, 3.63) is 41.9 Å². The average Bonchev–Trinajstić information content (AvgIpc) is 3.09. The van der Waals surface area contributed by atoms with Gasteiger partial charge in [0.25, 0.3) is 5.91 Å². The number of piperazine rings is 1. The number of aliphatic imine (C=N–C) groups is 2. The Hall–Kier alpha value is -3.07. The molecule has 1 amide bonds. The molecule has 8 nitrogen and oxygen atoms in total. The summed E-state index contributed by atoms with van der Waals surface area (Å²) in [5.41, 5.74) is 1.23. The monoisotopic (exact) mass is 413 g/mol. The number of hydrogen-bond acceptors (Lipinski definition) is 5. The van der Waals surface area contributed by atoms with E-state index in [1.807, 2.05) is 6.92 Å². The van der Waals surface area contributed by atoms with Gasteiger partial charge in [0.15, 0.2) is 11.5 Å². The molecule has 30 heavy (non-hydrogen) atoms. The van der Waals surface area contributed by atoms with Gasteiger partial charge in [0.2, 0.25) is 0 Å². The summed E-state index contributed by atoms with van der Waals surface area (Å²) in [6.07, 6.45) is 5.70. The van der Waals surface area contributed by atoms with E-state index in [0.29, 0.717) is 23.5 Å². The summed E-state index contributed by atoms with van der Waals surface area (Å²) >= 11 is 0. The summed E-state index contributed by atoms with van der Waals surface area (Å²) in [4.78, 5) is 27.1. The van der Waals surface area contributed by atoms with Gasteiger partial charge in [-0.3, -0.25) is 9.79 Å². The molecule has 160 valence electrons. The summed E-state index contributed by atoms with van der Waals surface area (Å²) in [7, 11) is 0. The van der Waals surface area contributed by atoms with Crippen LogP contribution in [0.15, 0.2) is 40.3 Å². The van der Waals surface area contributed by atoms with Crippen LogP contribution in [0.1, 0.15) is 32.9 Å². The number of fused-ring (bicyclic) bond motifs is 1. The lowest BCUT2D eigenvalue weighted by Gasteiger charge is -2.39. The van der Waals surface area contributed by atoms with Gasteiger partial charge in [-0.1, -0.05) is 6.92 Å². The minimum atomic E-state index is -0.523. The number of aryl methyl sites for hydroxylation is 1. The maximum atomic E-state index is 14.2. The molecule has 2 atom stereocenters. The Morgan fingerprint density at radius 3 is 2.97 bits per heavy atom. The molecule has 2 unspecified atom stereocenters. The molecule has 1 saturated heterocycles. The highest BCUT2D eigenvalue weighted by molar-refractivity contribution is 6.04. The average molecular weight is 414 g/mol. The number of anilines is 1. The maximum Gasteiger partial charge on any atom is 0.275 e. The summed E-state index contributed by atoms with van der Waals surface area (Å²) in [6, 6.07) is 1.93. The number of carbonyl (C=O) groups excluding carboxylic acids is 1. The molecule has 2 N–H and O–H groups in total. The van der Waals surface area contributed by atoms with Crippen LogP contribution in [0.2, 0.25) is 0 Å². The SMILES string of the molecule is C=N/C(=C\N=C(C)N1CC(CC)NCC1C)C(=O)Nc1cc(F)c2nc(C)cn2c1. The van der Waals surface area contributed by atoms with Crippen molar-refractivity contribution in [2.24, 2.45) is 9.98 Å². The van der Waals surface area contributed by atoms with E-state index >= 15 is 0 Å². The van der Waals surface area contributed by atoms with Crippen LogP contribution < -0.4 is 10.6 Å². The highest BCUT2D eigenvalue weighted by Gasteiger charge is 2.24. The number of hydrogen-bond donors (Lipinski definition) is 2. The Labute approximate surface area is 175 Å². The number of carbonyl (C=O) groups is 1. The Balaban J connectivity index is 1.76. The second-order valence-electron chi connectivity index (χ2n) is 7.51. The molecule has 0 aromatic carbocycles. The minimum absolute atomic E-state index is 0.0477. The van der Waals surface area contributed by atoms with Crippen molar-refractivity contribution < 1.29 is 9.18 Å². The van der Waals surface area contributed by atoms with Crippen molar-refractivity contribution in [2.45, 2.75) is 46.2 Å². The van der Waals surface area contributed by atoms with Crippen LogP contribution in [0.3, 0.4) is 0 Å². The third-order valence-corrected chi connectivity index (χ3v) is 5.22. The first-order valence-electron chi connectivity index (χ1n) is 9.99. The van der Waals surface area contributed by atoms with E-state index in [4.69, 9.17) is 0 Å². The van der Waals surface area contributed by atoms with Crippen LogP contribution in [-0.4, -0.2) is 57.9 Å². The molecular weight excluding hydrogens is 385 g/mol. The van der Waals surface area contributed by atoms with Crippen molar-refractivity contribution in [3.63, 3.8) is 0 Å². The zero-order valence-corrected chi connectivity index (χ0v) is 17.8. The predicted molar refractivity (Wildman–Crippen MR) is 118 cm³/mol. The quantitative estimate of drug-likeness (QED) is 0.448. The van der Waals surface area contributed by atoms with E-state index in [0.717, 1.165) is 25.3 Å². The first-order valence-corrected chi connectivity index (χ1v) is 9.99. The molecular formula is C21H28FN7O. The number of aromatic nitrogens is 2. The lowest BCUT2D eigenvalue weighted by atomic mass is 10.1. The lowest BCUT2D eigenvalue weighted by molar-refractivity contribution is -0.112. The minimum Gasteiger partial charge on any atom is -0.355 e. The number of halogens is 1. The number of rotatable bonds is 5. The van der Waals surface area contributed by atoms with Crippen molar-refractivity contribution >= 4 is 29.8 Å². The van der Waals surface area contributed by atoms with E-state index in [1.54, 1.807) is 19.3 Å². The third-order valence-electron chi connectivity index (χ3n) is 5.22. The Morgan fingerprint density at radius 2 is 2.27 bits per heavy atom. The van der Waals surface area contributed by atoms with E-state index in [9.17, 15) is 9.18 Å². The molecule has 0 bridgehead atoms. The van der Waals surface area contributed by atoms with Gasteiger partial charge in [-0.05, 0) is 33.9 Å². The van der Waals surface area contributed by atoms with Crippen LogP contribution in [0, 0.1) is 12.7 Å². The van der Waals surface area contributed by atoms with Gasteiger partial charge in [-0.2, -0.15) is 0 Å². The van der Waals surface area contributed by atoms with E-state index < -0.39 is 11.7 Å². The smallest absolute Gasteiger partial charge is 0.275 e. The molecule has 2 aromatic rings. The Morgan fingerprint density at radius 1 is 1.50 bits per heavy atom. The number of amidine groups is 1. The fourth-order valence-corrected chi connectivity index (χ4v) is 3.50. The van der Waals surface area contributed by atoms with Crippen molar-refractivity contribution in [1.29, 1.82) is 0 Å². The maximum absolute atomic E-state index is 14.2. The molecule has 9 heteroatoms. The standard InChI is InChI=1S/C21H28FN7O/c1-6-16-12-29(14(3)8-25-16)15(4)24-9-19(23-5)21(30)27-17-7-18(22)20-26-13(2)10-28(20)11-17/h7,9-11,14,16,25H,5-6,8,12H2,1-4H3,(H,27,30)/b19-9-,24-15?.